The fourth-order valence-corrected chi connectivity index (χ4v) is 4.11. The smallest absolute Gasteiger partial charge is 0.226 e. The number of amides is 1. The Balaban J connectivity index is 1.36. The standard InChI is InChI=1S/C23H28N2O/c1-16-5-8-19(9-6-16)20-15-21(20)23(26)25-12-10-24(11-13-25)22-14-17(2)4-7-18(22)3/h4-9,14,20-21H,10-13,15H2,1-3H3/t20-,21-/m0/s1. The summed E-state index contributed by atoms with van der Waals surface area (Å²) in [5.41, 5.74) is 6.53. The molecule has 26 heavy (non-hydrogen) atoms. The highest BCUT2D eigenvalue weighted by molar-refractivity contribution is 5.83. The average Bonchev–Trinajstić information content (AvgIpc) is 3.45. The van der Waals surface area contributed by atoms with E-state index in [1.54, 1.807) is 0 Å². The average molecular weight is 348 g/mol. The van der Waals surface area contributed by atoms with E-state index < -0.39 is 0 Å². The lowest BCUT2D eigenvalue weighted by Crippen LogP contribution is -2.49. The third-order valence-corrected chi connectivity index (χ3v) is 5.91. The van der Waals surface area contributed by atoms with Crippen LogP contribution >= 0.6 is 0 Å². The largest absolute Gasteiger partial charge is 0.368 e. The number of hydrogen-bond acceptors (Lipinski definition) is 2. The Kier molecular flexibility index (Phi) is 4.47. The molecule has 1 heterocycles. The Morgan fingerprint density at radius 3 is 2.23 bits per heavy atom. The maximum Gasteiger partial charge on any atom is 0.226 e. The zero-order chi connectivity index (χ0) is 18.3. The first-order chi connectivity index (χ1) is 12.5. The van der Waals surface area contributed by atoms with Crippen LogP contribution in [0.15, 0.2) is 42.5 Å². The van der Waals surface area contributed by atoms with Gasteiger partial charge in [-0.15, -0.1) is 0 Å². The van der Waals surface area contributed by atoms with Crippen molar-refractivity contribution in [2.45, 2.75) is 33.1 Å². The van der Waals surface area contributed by atoms with E-state index in [-0.39, 0.29) is 5.92 Å². The first-order valence-corrected chi connectivity index (χ1v) is 9.70. The summed E-state index contributed by atoms with van der Waals surface area (Å²) in [5.74, 6) is 0.987. The Labute approximate surface area is 156 Å². The van der Waals surface area contributed by atoms with Crippen LogP contribution in [0.3, 0.4) is 0 Å². The molecule has 0 aromatic heterocycles. The number of anilines is 1. The van der Waals surface area contributed by atoms with Crippen LogP contribution < -0.4 is 4.90 Å². The van der Waals surface area contributed by atoms with Gasteiger partial charge in [-0.05, 0) is 55.9 Å². The summed E-state index contributed by atoms with van der Waals surface area (Å²) < 4.78 is 0. The molecule has 1 amide bonds. The van der Waals surface area contributed by atoms with Gasteiger partial charge in [0.1, 0.15) is 0 Å². The molecule has 4 rings (SSSR count). The SMILES string of the molecule is Cc1ccc([C@@H]2C[C@@H]2C(=O)N2CCN(c3cc(C)ccc3C)CC2)cc1. The van der Waals surface area contributed by atoms with E-state index in [1.165, 1.54) is 27.9 Å². The molecule has 0 bridgehead atoms. The second-order valence-corrected chi connectivity index (χ2v) is 7.96. The molecular formula is C23H28N2O. The van der Waals surface area contributed by atoms with Crippen molar-refractivity contribution in [3.05, 3.63) is 64.7 Å². The number of nitrogens with zero attached hydrogens (tertiary/aromatic N) is 2. The molecule has 1 aliphatic carbocycles. The third-order valence-electron chi connectivity index (χ3n) is 5.91. The lowest BCUT2D eigenvalue weighted by molar-refractivity contribution is -0.132. The molecule has 1 saturated carbocycles. The van der Waals surface area contributed by atoms with Crippen LogP contribution in [0.5, 0.6) is 0 Å². The summed E-state index contributed by atoms with van der Waals surface area (Å²) in [6.07, 6.45) is 1.01. The molecule has 136 valence electrons. The number of piperazine rings is 1. The van der Waals surface area contributed by atoms with E-state index in [9.17, 15) is 4.79 Å². The predicted molar refractivity (Wildman–Crippen MR) is 107 cm³/mol. The minimum atomic E-state index is 0.199. The van der Waals surface area contributed by atoms with Crippen LogP contribution in [0, 0.1) is 26.7 Å². The highest BCUT2D eigenvalue weighted by Crippen LogP contribution is 2.48. The van der Waals surface area contributed by atoms with Crippen molar-refractivity contribution >= 4 is 11.6 Å². The number of hydrogen-bond donors (Lipinski definition) is 0. The summed E-state index contributed by atoms with van der Waals surface area (Å²) in [6.45, 7) is 9.95. The van der Waals surface area contributed by atoms with Gasteiger partial charge in [-0.2, -0.15) is 0 Å². The van der Waals surface area contributed by atoms with Crippen molar-refractivity contribution in [1.82, 2.24) is 4.90 Å². The lowest BCUT2D eigenvalue weighted by Gasteiger charge is -2.37. The van der Waals surface area contributed by atoms with Crippen molar-refractivity contribution < 1.29 is 4.79 Å². The Bertz CT molecular complexity index is 803. The van der Waals surface area contributed by atoms with E-state index in [2.05, 4.69) is 73.0 Å². The molecule has 0 N–H and O–H groups in total. The van der Waals surface area contributed by atoms with Crippen LogP contribution in [0.25, 0.3) is 0 Å². The molecule has 1 aliphatic heterocycles. The van der Waals surface area contributed by atoms with E-state index in [4.69, 9.17) is 0 Å². The van der Waals surface area contributed by atoms with Crippen LogP contribution in [-0.4, -0.2) is 37.0 Å². The van der Waals surface area contributed by atoms with Crippen LogP contribution in [0.4, 0.5) is 5.69 Å². The summed E-state index contributed by atoms with van der Waals surface area (Å²) in [4.78, 5) is 17.4. The fourth-order valence-electron chi connectivity index (χ4n) is 4.11. The van der Waals surface area contributed by atoms with E-state index in [0.29, 0.717) is 11.8 Å². The topological polar surface area (TPSA) is 23.6 Å². The van der Waals surface area contributed by atoms with Gasteiger partial charge in [0, 0.05) is 37.8 Å². The van der Waals surface area contributed by atoms with Crippen molar-refractivity contribution in [1.29, 1.82) is 0 Å². The highest BCUT2D eigenvalue weighted by Gasteiger charge is 2.46. The number of carbonyl (C=O) groups excluding carboxylic acids is 1. The summed E-state index contributed by atoms with van der Waals surface area (Å²) >= 11 is 0. The zero-order valence-electron chi connectivity index (χ0n) is 16.0. The van der Waals surface area contributed by atoms with Crippen molar-refractivity contribution in [3.8, 4) is 0 Å². The maximum absolute atomic E-state index is 12.9. The molecule has 2 aromatic rings. The Morgan fingerprint density at radius 2 is 1.54 bits per heavy atom. The molecule has 3 heteroatoms. The number of rotatable bonds is 3. The molecule has 3 nitrogen and oxygen atoms in total. The Hall–Kier alpha value is -2.29. The van der Waals surface area contributed by atoms with Gasteiger partial charge in [-0.25, -0.2) is 0 Å². The van der Waals surface area contributed by atoms with Crippen LogP contribution in [0.2, 0.25) is 0 Å². The molecular weight excluding hydrogens is 320 g/mol. The van der Waals surface area contributed by atoms with Crippen molar-refractivity contribution in [2.75, 3.05) is 31.1 Å². The predicted octanol–water partition coefficient (Wildman–Crippen LogP) is 4.06. The minimum Gasteiger partial charge on any atom is -0.368 e. The summed E-state index contributed by atoms with van der Waals surface area (Å²) in [5, 5.41) is 0. The van der Waals surface area contributed by atoms with Gasteiger partial charge in [-0.1, -0.05) is 42.0 Å². The molecule has 0 spiro atoms. The van der Waals surface area contributed by atoms with E-state index >= 15 is 0 Å². The highest BCUT2D eigenvalue weighted by atomic mass is 16.2. The lowest BCUT2D eigenvalue weighted by atomic mass is 10.1. The normalized spacial score (nSPS) is 22.4. The van der Waals surface area contributed by atoms with Gasteiger partial charge >= 0.3 is 0 Å². The summed E-state index contributed by atoms with van der Waals surface area (Å²) in [6, 6.07) is 15.3. The van der Waals surface area contributed by atoms with Gasteiger partial charge in [0.2, 0.25) is 5.91 Å². The molecule has 2 aliphatic rings. The monoisotopic (exact) mass is 348 g/mol. The first-order valence-electron chi connectivity index (χ1n) is 9.70. The van der Waals surface area contributed by atoms with Gasteiger partial charge in [0.05, 0.1) is 0 Å². The van der Waals surface area contributed by atoms with Crippen molar-refractivity contribution in [3.63, 3.8) is 0 Å². The fraction of sp³-hybridized carbons (Fsp3) is 0.435. The number of benzene rings is 2. The molecule has 0 unspecified atom stereocenters. The zero-order valence-corrected chi connectivity index (χ0v) is 16.0. The first kappa shape index (κ1) is 17.1. The van der Waals surface area contributed by atoms with Crippen LogP contribution in [0.1, 0.15) is 34.6 Å². The van der Waals surface area contributed by atoms with Crippen LogP contribution in [-0.2, 0) is 4.79 Å². The molecule has 2 fully saturated rings. The minimum absolute atomic E-state index is 0.199. The molecule has 1 saturated heterocycles. The van der Waals surface area contributed by atoms with Gasteiger partial charge in [0.25, 0.3) is 0 Å². The third kappa shape index (κ3) is 3.35. The van der Waals surface area contributed by atoms with E-state index in [1.807, 2.05) is 0 Å². The van der Waals surface area contributed by atoms with E-state index in [0.717, 1.165) is 32.6 Å². The maximum atomic E-state index is 12.9. The summed E-state index contributed by atoms with van der Waals surface area (Å²) in [7, 11) is 0. The second-order valence-electron chi connectivity index (χ2n) is 7.96. The second kappa shape index (κ2) is 6.79. The number of carbonyl (C=O) groups is 1. The Morgan fingerprint density at radius 1 is 0.885 bits per heavy atom. The van der Waals surface area contributed by atoms with Gasteiger partial charge in [0.15, 0.2) is 0 Å². The van der Waals surface area contributed by atoms with Gasteiger partial charge in [-0.3, -0.25) is 4.79 Å². The molecule has 0 radical (unpaired) electrons. The van der Waals surface area contributed by atoms with Crippen molar-refractivity contribution in [2.24, 2.45) is 5.92 Å². The molecule has 2 atom stereocenters. The van der Waals surface area contributed by atoms with Gasteiger partial charge < -0.3 is 9.80 Å². The molecule has 2 aromatic carbocycles. The number of aryl methyl sites for hydroxylation is 3. The quantitative estimate of drug-likeness (QED) is 0.835.